The van der Waals surface area contributed by atoms with E-state index in [2.05, 4.69) is 17.9 Å². The molecule has 1 heterocycles. The van der Waals surface area contributed by atoms with E-state index in [9.17, 15) is 24.5 Å². The number of nitro groups is 1. The number of hydrogen-bond donors (Lipinski definition) is 3. The van der Waals surface area contributed by atoms with Crippen molar-refractivity contribution in [3.63, 3.8) is 0 Å². The van der Waals surface area contributed by atoms with Gasteiger partial charge < -0.3 is 15.8 Å². The predicted molar refractivity (Wildman–Crippen MR) is 93.4 cm³/mol. The van der Waals surface area contributed by atoms with Crippen LogP contribution in [0.15, 0.2) is 24.3 Å². The van der Waals surface area contributed by atoms with Crippen molar-refractivity contribution in [2.24, 2.45) is 5.73 Å². The Balaban J connectivity index is 1.94. The number of hydrogen-bond acceptors (Lipinski definition) is 7. The normalized spacial score (nSPS) is 19.0. The SMILES string of the molecule is NC(=O)CNC(=O)C1CC(S)CN1C(=O)OCc1ccc([N+](=O)[O-])cc1. The molecule has 2 unspecified atom stereocenters. The number of nitrogens with one attached hydrogen (secondary N) is 1. The van der Waals surface area contributed by atoms with Crippen LogP contribution in [0.5, 0.6) is 0 Å². The fraction of sp³-hybridized carbons (Fsp3) is 0.400. The van der Waals surface area contributed by atoms with Crippen LogP contribution in [0, 0.1) is 10.1 Å². The minimum Gasteiger partial charge on any atom is -0.445 e. The summed E-state index contributed by atoms with van der Waals surface area (Å²) in [5, 5.41) is 12.8. The highest BCUT2D eigenvalue weighted by Crippen LogP contribution is 2.23. The van der Waals surface area contributed by atoms with Gasteiger partial charge >= 0.3 is 6.09 Å². The minimum absolute atomic E-state index is 0.0660. The molecule has 0 spiro atoms. The Labute approximate surface area is 154 Å². The molecule has 1 aliphatic rings. The lowest BCUT2D eigenvalue weighted by atomic mass is 10.2. The molecule has 2 rings (SSSR count). The Morgan fingerprint density at radius 1 is 1.35 bits per heavy atom. The van der Waals surface area contributed by atoms with Gasteiger partial charge in [-0.3, -0.25) is 24.6 Å². The van der Waals surface area contributed by atoms with Crippen molar-refractivity contribution in [3.8, 4) is 0 Å². The van der Waals surface area contributed by atoms with Crippen LogP contribution in [-0.4, -0.2) is 52.1 Å². The quantitative estimate of drug-likeness (QED) is 0.364. The second-order valence-electron chi connectivity index (χ2n) is 5.72. The van der Waals surface area contributed by atoms with Crippen LogP contribution >= 0.6 is 12.6 Å². The Kier molecular flexibility index (Phi) is 6.39. The van der Waals surface area contributed by atoms with Gasteiger partial charge in [0.05, 0.1) is 11.5 Å². The first kappa shape index (κ1) is 19.5. The number of carbonyl (C=O) groups is 3. The standard InChI is InChI=1S/C15H18N4O6S/c16-13(20)6-17-14(21)12-5-11(26)7-18(12)15(22)25-8-9-1-3-10(4-2-9)19(23)24/h1-4,11-12,26H,5-8H2,(H2,16,20)(H,17,21). The maximum Gasteiger partial charge on any atom is 0.410 e. The Morgan fingerprint density at radius 2 is 2.00 bits per heavy atom. The molecule has 1 aromatic rings. The molecule has 1 saturated heterocycles. The smallest absolute Gasteiger partial charge is 0.410 e. The number of non-ortho nitro benzene ring substituents is 1. The molecule has 0 aromatic heterocycles. The second-order valence-corrected chi connectivity index (χ2v) is 6.45. The molecule has 3 amide bonds. The third kappa shape index (κ3) is 5.09. The maximum atomic E-state index is 12.3. The van der Waals surface area contributed by atoms with Gasteiger partial charge in [0.2, 0.25) is 11.8 Å². The third-order valence-corrected chi connectivity index (χ3v) is 4.14. The lowest BCUT2D eigenvalue weighted by molar-refractivity contribution is -0.384. The number of nitro benzene ring substituents is 1. The number of benzene rings is 1. The van der Waals surface area contributed by atoms with E-state index in [1.807, 2.05) is 0 Å². The first-order chi connectivity index (χ1) is 12.3. The van der Waals surface area contributed by atoms with Gasteiger partial charge in [-0.15, -0.1) is 0 Å². The fourth-order valence-electron chi connectivity index (χ4n) is 2.50. The topological polar surface area (TPSA) is 145 Å². The largest absolute Gasteiger partial charge is 0.445 e. The molecule has 0 radical (unpaired) electrons. The summed E-state index contributed by atoms with van der Waals surface area (Å²) in [6.07, 6.45) is -0.389. The molecule has 0 bridgehead atoms. The number of primary amides is 1. The minimum atomic E-state index is -0.804. The van der Waals surface area contributed by atoms with E-state index in [-0.39, 0.29) is 30.6 Å². The molecule has 10 nitrogen and oxygen atoms in total. The predicted octanol–water partition coefficient (Wildman–Crippen LogP) is 0.206. The van der Waals surface area contributed by atoms with Gasteiger partial charge in [0.1, 0.15) is 12.6 Å². The van der Waals surface area contributed by atoms with E-state index in [0.29, 0.717) is 12.0 Å². The summed E-state index contributed by atoms with van der Waals surface area (Å²) in [5.41, 5.74) is 5.49. The summed E-state index contributed by atoms with van der Waals surface area (Å²) in [7, 11) is 0. The number of likely N-dealkylation sites (tertiary alicyclic amines) is 1. The van der Waals surface area contributed by atoms with E-state index >= 15 is 0 Å². The number of rotatable bonds is 6. The van der Waals surface area contributed by atoms with Crippen molar-refractivity contribution in [3.05, 3.63) is 39.9 Å². The molecule has 26 heavy (non-hydrogen) atoms. The molecule has 0 saturated carbocycles. The Hall–Kier alpha value is -2.82. The van der Waals surface area contributed by atoms with Gasteiger partial charge in [-0.1, -0.05) is 0 Å². The fourth-order valence-corrected chi connectivity index (χ4v) is 2.87. The van der Waals surface area contributed by atoms with Gasteiger partial charge in [-0.05, 0) is 24.1 Å². The maximum absolute atomic E-state index is 12.3. The lowest BCUT2D eigenvalue weighted by Gasteiger charge is -2.23. The zero-order chi connectivity index (χ0) is 19.3. The third-order valence-electron chi connectivity index (χ3n) is 3.76. The zero-order valence-electron chi connectivity index (χ0n) is 13.7. The van der Waals surface area contributed by atoms with Crippen LogP contribution in [0.25, 0.3) is 0 Å². The van der Waals surface area contributed by atoms with Crippen LogP contribution < -0.4 is 11.1 Å². The van der Waals surface area contributed by atoms with Gasteiger partial charge in [-0.2, -0.15) is 12.6 Å². The summed E-state index contributed by atoms with van der Waals surface area (Å²) in [6, 6.07) is 4.77. The van der Waals surface area contributed by atoms with Gasteiger partial charge in [0, 0.05) is 23.9 Å². The van der Waals surface area contributed by atoms with Crippen molar-refractivity contribution in [2.45, 2.75) is 24.3 Å². The van der Waals surface area contributed by atoms with Crippen molar-refractivity contribution in [1.82, 2.24) is 10.2 Å². The second kappa shape index (κ2) is 8.52. The van der Waals surface area contributed by atoms with E-state index in [4.69, 9.17) is 10.5 Å². The summed E-state index contributed by atoms with van der Waals surface area (Å²) < 4.78 is 5.18. The number of nitrogens with zero attached hydrogens (tertiary/aromatic N) is 2. The lowest BCUT2D eigenvalue weighted by Crippen LogP contribution is -2.47. The number of nitrogens with two attached hydrogens (primary N) is 1. The molecular formula is C15H18N4O6S. The van der Waals surface area contributed by atoms with Crippen molar-refractivity contribution in [2.75, 3.05) is 13.1 Å². The zero-order valence-corrected chi connectivity index (χ0v) is 14.6. The average molecular weight is 382 g/mol. The van der Waals surface area contributed by atoms with Crippen molar-refractivity contribution in [1.29, 1.82) is 0 Å². The molecule has 0 aliphatic carbocycles. The first-order valence-corrected chi connectivity index (χ1v) is 8.20. The van der Waals surface area contributed by atoms with Crippen molar-refractivity contribution >= 4 is 36.2 Å². The molecule has 2 atom stereocenters. The van der Waals surface area contributed by atoms with E-state index in [1.54, 1.807) is 0 Å². The van der Waals surface area contributed by atoms with Crippen molar-refractivity contribution < 1.29 is 24.0 Å². The molecule has 1 fully saturated rings. The van der Waals surface area contributed by atoms with E-state index in [1.165, 1.54) is 29.2 Å². The van der Waals surface area contributed by atoms with Gasteiger partial charge in [-0.25, -0.2) is 4.79 Å². The summed E-state index contributed by atoms with van der Waals surface area (Å²) in [4.78, 5) is 46.5. The first-order valence-electron chi connectivity index (χ1n) is 7.68. The number of amides is 3. The highest BCUT2D eigenvalue weighted by atomic mass is 32.1. The Morgan fingerprint density at radius 3 is 2.58 bits per heavy atom. The highest BCUT2D eigenvalue weighted by molar-refractivity contribution is 7.81. The molecule has 11 heteroatoms. The summed E-state index contributed by atoms with van der Waals surface area (Å²) in [5.74, 6) is -1.20. The summed E-state index contributed by atoms with van der Waals surface area (Å²) >= 11 is 4.29. The van der Waals surface area contributed by atoms with Crippen LogP contribution in [0.3, 0.4) is 0 Å². The molecule has 140 valence electrons. The number of carbonyl (C=O) groups excluding carboxylic acids is 3. The van der Waals surface area contributed by atoms with Gasteiger partial charge in [0.25, 0.3) is 5.69 Å². The highest BCUT2D eigenvalue weighted by Gasteiger charge is 2.39. The van der Waals surface area contributed by atoms with E-state index in [0.717, 1.165) is 0 Å². The van der Waals surface area contributed by atoms with Crippen LogP contribution in [0.2, 0.25) is 0 Å². The van der Waals surface area contributed by atoms with Crippen LogP contribution in [-0.2, 0) is 20.9 Å². The summed E-state index contributed by atoms with van der Waals surface area (Å²) in [6.45, 7) is -0.199. The van der Waals surface area contributed by atoms with Crippen LogP contribution in [0.1, 0.15) is 12.0 Å². The number of thiol groups is 1. The average Bonchev–Trinajstić information content (AvgIpc) is 2.99. The van der Waals surface area contributed by atoms with E-state index < -0.39 is 28.9 Å². The molecular weight excluding hydrogens is 364 g/mol. The molecule has 3 N–H and O–H groups in total. The molecule has 1 aromatic carbocycles. The monoisotopic (exact) mass is 382 g/mol. The van der Waals surface area contributed by atoms with Crippen LogP contribution in [0.4, 0.5) is 10.5 Å². The van der Waals surface area contributed by atoms with Gasteiger partial charge in [0.15, 0.2) is 0 Å². The Bertz CT molecular complexity index is 711. The number of ether oxygens (including phenoxy) is 1. The molecule has 1 aliphatic heterocycles.